The number of benzene rings is 3. The summed E-state index contributed by atoms with van der Waals surface area (Å²) in [4.78, 5) is 27.8. The molecule has 1 aliphatic heterocycles. The fourth-order valence-corrected chi connectivity index (χ4v) is 5.78. The first-order valence-corrected chi connectivity index (χ1v) is 16.1. The molecule has 0 atom stereocenters. The minimum absolute atomic E-state index is 0.0775. The Bertz CT molecular complexity index is 1930. The molecule has 2 amide bonds. The molecular formula is C30H23Cl2N5O6S2. The van der Waals surface area contributed by atoms with Crippen LogP contribution in [0.15, 0.2) is 110 Å². The number of hydrogen-bond acceptors (Lipinski definition) is 9. The molecule has 3 N–H and O–H groups in total. The van der Waals surface area contributed by atoms with Crippen molar-refractivity contribution in [3.05, 3.63) is 117 Å². The number of furan rings is 1. The number of ether oxygens (including phenoxy) is 1. The van der Waals surface area contributed by atoms with E-state index in [1.54, 1.807) is 60.7 Å². The lowest BCUT2D eigenvalue weighted by Gasteiger charge is -2.12. The van der Waals surface area contributed by atoms with E-state index < -0.39 is 15.9 Å². The molecule has 0 aliphatic carbocycles. The highest BCUT2D eigenvalue weighted by Crippen LogP contribution is 2.35. The number of hydrogen-bond donors (Lipinski definition) is 2. The number of para-hydroxylation sites is 1. The minimum Gasteiger partial charge on any atom is -0.483 e. The van der Waals surface area contributed by atoms with Crippen molar-refractivity contribution in [3.63, 3.8) is 0 Å². The summed E-state index contributed by atoms with van der Waals surface area (Å²) >= 11 is 13.4. The van der Waals surface area contributed by atoms with Gasteiger partial charge in [0.05, 0.1) is 38.9 Å². The van der Waals surface area contributed by atoms with Gasteiger partial charge in [-0.25, -0.2) is 13.6 Å². The zero-order valence-corrected chi connectivity index (χ0v) is 26.2. The molecule has 0 unspecified atom stereocenters. The summed E-state index contributed by atoms with van der Waals surface area (Å²) in [5.74, 6) is 0.0917. The number of primary sulfonamides is 1. The molecule has 230 valence electrons. The van der Waals surface area contributed by atoms with Gasteiger partial charge >= 0.3 is 0 Å². The number of nitrogens with zero attached hydrogens (tertiary/aromatic N) is 3. The number of sulfonamides is 1. The first kappa shape index (κ1) is 32.0. The average Bonchev–Trinajstić information content (AvgIpc) is 3.63. The number of amides is 2. The molecule has 1 aliphatic rings. The SMILES string of the molecule is NS(=O)(=O)c1ccc(NC(=O)COc2ccccc2/C=C2\S/C(=N/N=C\c3cccc(Cl)c3Cl)N(Cc3ccco3)C2=O)cc1. The molecule has 0 saturated carbocycles. The van der Waals surface area contributed by atoms with E-state index in [1.165, 1.54) is 41.6 Å². The minimum atomic E-state index is -3.85. The van der Waals surface area contributed by atoms with Crippen LogP contribution in [0, 0.1) is 0 Å². The number of carbonyl (C=O) groups excluding carboxylic acids is 2. The van der Waals surface area contributed by atoms with Gasteiger partial charge in [-0.2, -0.15) is 5.10 Å². The summed E-state index contributed by atoms with van der Waals surface area (Å²) in [7, 11) is -3.85. The molecular weight excluding hydrogens is 661 g/mol. The summed E-state index contributed by atoms with van der Waals surface area (Å²) in [6, 6.07) is 20.9. The van der Waals surface area contributed by atoms with Crippen LogP contribution in [0.25, 0.3) is 6.08 Å². The number of amidine groups is 1. The van der Waals surface area contributed by atoms with Crippen LogP contribution in [0.3, 0.4) is 0 Å². The number of anilines is 1. The van der Waals surface area contributed by atoms with Crippen molar-refractivity contribution in [2.24, 2.45) is 15.3 Å². The number of halogens is 2. The van der Waals surface area contributed by atoms with Crippen LogP contribution in [-0.4, -0.2) is 43.1 Å². The van der Waals surface area contributed by atoms with Crippen LogP contribution >= 0.6 is 35.0 Å². The molecule has 2 heterocycles. The molecule has 0 radical (unpaired) electrons. The summed E-state index contributed by atoms with van der Waals surface area (Å²) < 4.78 is 34.1. The quantitative estimate of drug-likeness (QED) is 0.122. The van der Waals surface area contributed by atoms with Crippen molar-refractivity contribution >= 4 is 79.9 Å². The van der Waals surface area contributed by atoms with Gasteiger partial charge in [-0.1, -0.05) is 53.5 Å². The van der Waals surface area contributed by atoms with Gasteiger partial charge < -0.3 is 14.5 Å². The maximum Gasteiger partial charge on any atom is 0.267 e. The van der Waals surface area contributed by atoms with Gasteiger partial charge in [0.2, 0.25) is 10.0 Å². The molecule has 1 fully saturated rings. The van der Waals surface area contributed by atoms with Crippen LogP contribution in [0.1, 0.15) is 16.9 Å². The van der Waals surface area contributed by atoms with E-state index in [2.05, 4.69) is 15.5 Å². The topological polar surface area (TPSA) is 157 Å². The van der Waals surface area contributed by atoms with E-state index in [9.17, 15) is 18.0 Å². The van der Waals surface area contributed by atoms with E-state index in [-0.39, 0.29) is 24.0 Å². The van der Waals surface area contributed by atoms with Gasteiger partial charge in [-0.15, -0.1) is 5.10 Å². The number of carbonyl (C=O) groups is 2. The standard InChI is InChI=1S/C30H23Cl2N5O6S2/c31-24-8-3-6-20(28(24)32)16-34-36-30-37(17-22-7-4-14-42-22)29(39)26(44-30)15-19-5-1-2-9-25(19)43-18-27(38)35-21-10-12-23(13-11-21)45(33,40)41/h1-16H,17-18H2,(H,35,38)(H2,33,40,41)/b26-15-,34-16-,36-30+. The van der Waals surface area contributed by atoms with Crippen molar-refractivity contribution < 1.29 is 27.2 Å². The Morgan fingerprint density at radius 2 is 1.78 bits per heavy atom. The van der Waals surface area contributed by atoms with Crippen LogP contribution in [-0.2, 0) is 26.2 Å². The highest BCUT2D eigenvalue weighted by molar-refractivity contribution is 8.18. The highest BCUT2D eigenvalue weighted by Gasteiger charge is 2.34. The van der Waals surface area contributed by atoms with Crippen molar-refractivity contribution in [3.8, 4) is 5.75 Å². The Balaban J connectivity index is 1.33. The predicted molar refractivity (Wildman–Crippen MR) is 175 cm³/mol. The van der Waals surface area contributed by atoms with Crippen LogP contribution in [0.5, 0.6) is 5.75 Å². The lowest BCUT2D eigenvalue weighted by Crippen LogP contribution is -2.28. The molecule has 5 rings (SSSR count). The van der Waals surface area contributed by atoms with E-state index in [0.29, 0.717) is 48.4 Å². The first-order valence-electron chi connectivity index (χ1n) is 13.0. The van der Waals surface area contributed by atoms with Gasteiger partial charge in [-0.3, -0.25) is 14.5 Å². The van der Waals surface area contributed by atoms with Gasteiger partial charge in [0.1, 0.15) is 11.5 Å². The Morgan fingerprint density at radius 1 is 1.02 bits per heavy atom. The third-order valence-electron chi connectivity index (χ3n) is 6.13. The third-order valence-corrected chi connectivity index (χ3v) is 8.89. The van der Waals surface area contributed by atoms with Crippen LogP contribution in [0.2, 0.25) is 10.0 Å². The monoisotopic (exact) mass is 683 g/mol. The van der Waals surface area contributed by atoms with Crippen molar-refractivity contribution in [2.45, 2.75) is 11.4 Å². The van der Waals surface area contributed by atoms with E-state index in [4.69, 9.17) is 37.5 Å². The van der Waals surface area contributed by atoms with Crippen molar-refractivity contribution in [1.29, 1.82) is 0 Å². The summed E-state index contributed by atoms with van der Waals surface area (Å²) in [5, 5.41) is 17.2. The van der Waals surface area contributed by atoms with E-state index in [1.807, 2.05) is 0 Å². The van der Waals surface area contributed by atoms with Crippen LogP contribution < -0.4 is 15.2 Å². The lowest BCUT2D eigenvalue weighted by molar-refractivity contribution is -0.122. The highest BCUT2D eigenvalue weighted by atomic mass is 35.5. The lowest BCUT2D eigenvalue weighted by atomic mass is 10.2. The maximum absolute atomic E-state index is 13.5. The molecule has 0 bridgehead atoms. The Morgan fingerprint density at radius 3 is 2.51 bits per heavy atom. The number of nitrogens with two attached hydrogens (primary N) is 1. The van der Waals surface area contributed by atoms with Gasteiger partial charge in [0.25, 0.3) is 11.8 Å². The molecule has 0 spiro atoms. The first-order chi connectivity index (χ1) is 21.6. The van der Waals surface area contributed by atoms with E-state index in [0.717, 1.165) is 11.8 Å². The molecule has 3 aromatic carbocycles. The molecule has 4 aromatic rings. The fourth-order valence-electron chi connectivity index (χ4n) is 3.98. The second-order valence-corrected chi connectivity index (χ2v) is 12.7. The zero-order valence-electron chi connectivity index (χ0n) is 23.1. The summed E-state index contributed by atoms with van der Waals surface area (Å²) in [6.45, 7) is -0.227. The van der Waals surface area contributed by atoms with Crippen molar-refractivity contribution in [2.75, 3.05) is 11.9 Å². The normalized spacial score (nSPS) is 15.4. The number of nitrogens with one attached hydrogen (secondary N) is 1. The van der Waals surface area contributed by atoms with E-state index >= 15 is 0 Å². The number of rotatable bonds is 10. The van der Waals surface area contributed by atoms with Gasteiger partial charge in [0, 0.05) is 16.8 Å². The second-order valence-electron chi connectivity index (χ2n) is 9.30. The average molecular weight is 685 g/mol. The fraction of sp³-hybridized carbons (Fsp3) is 0.0667. The molecule has 1 aromatic heterocycles. The second kappa shape index (κ2) is 14.1. The summed E-state index contributed by atoms with van der Waals surface area (Å²) in [6.07, 6.45) is 4.60. The smallest absolute Gasteiger partial charge is 0.267 e. The molecule has 1 saturated heterocycles. The molecule has 11 nitrogen and oxygen atoms in total. The Hall–Kier alpha value is -4.40. The Kier molecular flexibility index (Phi) is 10.1. The van der Waals surface area contributed by atoms with Crippen molar-refractivity contribution in [1.82, 2.24) is 4.90 Å². The Labute approximate surface area is 272 Å². The maximum atomic E-state index is 13.5. The van der Waals surface area contributed by atoms with Crippen LogP contribution in [0.4, 0.5) is 5.69 Å². The molecule has 15 heteroatoms. The predicted octanol–water partition coefficient (Wildman–Crippen LogP) is 5.76. The largest absolute Gasteiger partial charge is 0.483 e. The summed E-state index contributed by atoms with van der Waals surface area (Å²) in [5.41, 5.74) is 1.47. The third kappa shape index (κ3) is 8.21. The number of thioether (sulfide) groups is 1. The molecule has 45 heavy (non-hydrogen) atoms. The van der Waals surface area contributed by atoms with Gasteiger partial charge in [-0.05, 0) is 66.4 Å². The van der Waals surface area contributed by atoms with Gasteiger partial charge in [0.15, 0.2) is 11.8 Å². The zero-order chi connectivity index (χ0) is 32.0.